The van der Waals surface area contributed by atoms with Gasteiger partial charge in [-0.25, -0.2) is 15.3 Å². The van der Waals surface area contributed by atoms with Crippen LogP contribution in [0.4, 0.5) is 5.82 Å². The van der Waals surface area contributed by atoms with Crippen LogP contribution >= 0.6 is 0 Å². The van der Waals surface area contributed by atoms with Gasteiger partial charge in [-0.15, -0.1) is 0 Å². The third-order valence-corrected chi connectivity index (χ3v) is 2.83. The maximum atomic E-state index is 12.2. The highest BCUT2D eigenvalue weighted by atomic mass is 16.1. The smallest absolute Gasteiger partial charge is 0.276 e. The van der Waals surface area contributed by atoms with Gasteiger partial charge in [-0.2, -0.15) is 5.10 Å². The lowest BCUT2D eigenvalue weighted by Gasteiger charge is -2.07. The second kappa shape index (κ2) is 4.54. The van der Waals surface area contributed by atoms with Crippen LogP contribution in [-0.2, 0) is 6.54 Å². The van der Waals surface area contributed by atoms with Gasteiger partial charge in [0.1, 0.15) is 11.3 Å². The van der Waals surface area contributed by atoms with Crippen molar-refractivity contribution < 1.29 is 0 Å². The summed E-state index contributed by atoms with van der Waals surface area (Å²) in [7, 11) is 0. The summed E-state index contributed by atoms with van der Waals surface area (Å²) < 4.78 is 3.13. The van der Waals surface area contributed by atoms with Crippen LogP contribution in [0.1, 0.15) is 5.69 Å². The first-order valence-corrected chi connectivity index (χ1v) is 5.73. The second-order valence-corrected chi connectivity index (χ2v) is 4.05. The number of anilines is 1. The number of nitrogens with one attached hydrogen (secondary N) is 1. The predicted octanol–water partition coefficient (Wildman–Crippen LogP) is 0.225. The van der Waals surface area contributed by atoms with E-state index < -0.39 is 0 Å². The molecular formula is C12H12N6O. The molecule has 96 valence electrons. The van der Waals surface area contributed by atoms with E-state index in [1.807, 2.05) is 12.1 Å². The molecule has 0 bridgehead atoms. The summed E-state index contributed by atoms with van der Waals surface area (Å²) in [4.78, 5) is 16.5. The zero-order chi connectivity index (χ0) is 13.2. The molecule has 0 unspecified atom stereocenters. The van der Waals surface area contributed by atoms with Gasteiger partial charge in [0, 0.05) is 12.4 Å². The van der Waals surface area contributed by atoms with Crippen molar-refractivity contribution in [3.8, 4) is 0 Å². The van der Waals surface area contributed by atoms with E-state index in [-0.39, 0.29) is 5.56 Å². The molecule has 0 aliphatic rings. The fraction of sp³-hybridized carbons (Fsp3) is 0.0833. The molecule has 0 aliphatic carbocycles. The number of hydrogen-bond acceptors (Lipinski definition) is 5. The van der Waals surface area contributed by atoms with Gasteiger partial charge in [-0.3, -0.25) is 4.79 Å². The number of hydrogen-bond donors (Lipinski definition) is 2. The average Bonchev–Trinajstić information content (AvgIpc) is 2.91. The maximum absolute atomic E-state index is 12.2. The Morgan fingerprint density at radius 1 is 1.26 bits per heavy atom. The monoisotopic (exact) mass is 256 g/mol. The fourth-order valence-corrected chi connectivity index (χ4v) is 1.91. The van der Waals surface area contributed by atoms with Gasteiger partial charge in [0.05, 0.1) is 18.4 Å². The van der Waals surface area contributed by atoms with Gasteiger partial charge in [-0.05, 0) is 18.2 Å². The largest absolute Gasteiger partial charge is 0.308 e. The Labute approximate surface area is 108 Å². The molecule has 3 rings (SSSR count). The molecule has 0 saturated carbocycles. The van der Waals surface area contributed by atoms with E-state index in [0.29, 0.717) is 17.9 Å². The first kappa shape index (κ1) is 11.4. The molecule has 7 heteroatoms. The number of nitrogens with two attached hydrogens (primary N) is 1. The minimum atomic E-state index is -0.104. The highest BCUT2D eigenvalue weighted by Gasteiger charge is 2.04. The summed E-state index contributed by atoms with van der Waals surface area (Å²) in [6.07, 6.45) is 5.02. The van der Waals surface area contributed by atoms with E-state index in [4.69, 9.17) is 5.84 Å². The highest BCUT2D eigenvalue weighted by Crippen LogP contribution is 2.04. The third kappa shape index (κ3) is 2.06. The molecule has 3 aromatic heterocycles. The molecule has 19 heavy (non-hydrogen) atoms. The molecule has 3 heterocycles. The van der Waals surface area contributed by atoms with Gasteiger partial charge in [-0.1, -0.05) is 6.07 Å². The Hall–Kier alpha value is -2.67. The molecule has 0 aliphatic heterocycles. The number of aromatic nitrogens is 4. The summed E-state index contributed by atoms with van der Waals surface area (Å²) >= 11 is 0. The third-order valence-electron chi connectivity index (χ3n) is 2.83. The fourth-order valence-electron chi connectivity index (χ4n) is 1.91. The van der Waals surface area contributed by atoms with E-state index in [0.717, 1.165) is 5.69 Å². The first-order valence-electron chi connectivity index (χ1n) is 5.73. The average molecular weight is 256 g/mol. The first-order chi connectivity index (χ1) is 9.28. The van der Waals surface area contributed by atoms with Gasteiger partial charge in [0.15, 0.2) is 0 Å². The molecule has 3 N–H and O–H groups in total. The van der Waals surface area contributed by atoms with Crippen molar-refractivity contribution >= 4 is 11.3 Å². The predicted molar refractivity (Wildman–Crippen MR) is 70.6 cm³/mol. The van der Waals surface area contributed by atoms with E-state index in [1.54, 1.807) is 39.8 Å². The molecular weight excluding hydrogens is 244 g/mol. The normalized spacial score (nSPS) is 10.8. The molecule has 0 amide bonds. The summed E-state index contributed by atoms with van der Waals surface area (Å²) in [5.41, 5.74) is 3.67. The number of nitrogen functional groups attached to an aromatic ring is 1. The Bertz CT molecular complexity index is 775. The number of fused-ring (bicyclic) bond motifs is 1. The van der Waals surface area contributed by atoms with Crippen LogP contribution < -0.4 is 16.8 Å². The zero-order valence-electron chi connectivity index (χ0n) is 10.0. The minimum Gasteiger partial charge on any atom is -0.308 e. The van der Waals surface area contributed by atoms with E-state index in [1.165, 1.54) is 0 Å². The van der Waals surface area contributed by atoms with Crippen molar-refractivity contribution in [1.82, 2.24) is 19.2 Å². The van der Waals surface area contributed by atoms with E-state index >= 15 is 0 Å². The molecule has 0 spiro atoms. The van der Waals surface area contributed by atoms with Crippen LogP contribution in [0.3, 0.4) is 0 Å². The molecule has 0 radical (unpaired) electrons. The van der Waals surface area contributed by atoms with Gasteiger partial charge in [0.2, 0.25) is 0 Å². The summed E-state index contributed by atoms with van der Waals surface area (Å²) in [6.45, 7) is 0.385. The van der Waals surface area contributed by atoms with Crippen LogP contribution in [0.5, 0.6) is 0 Å². The van der Waals surface area contributed by atoms with Crippen molar-refractivity contribution in [3.63, 3.8) is 0 Å². The van der Waals surface area contributed by atoms with Crippen LogP contribution in [0.25, 0.3) is 5.52 Å². The SMILES string of the molecule is NNc1cccc(Cn2ccn3nccc3c2=O)n1. The van der Waals surface area contributed by atoms with Crippen LogP contribution in [0.15, 0.2) is 47.7 Å². The number of nitrogens with zero attached hydrogens (tertiary/aromatic N) is 4. The van der Waals surface area contributed by atoms with Gasteiger partial charge in [0.25, 0.3) is 5.56 Å². The Kier molecular flexibility index (Phi) is 2.73. The molecule has 3 aromatic rings. The second-order valence-electron chi connectivity index (χ2n) is 4.05. The molecule has 0 saturated heterocycles. The highest BCUT2D eigenvalue weighted by molar-refractivity contribution is 5.42. The van der Waals surface area contributed by atoms with Gasteiger partial charge < -0.3 is 9.99 Å². The summed E-state index contributed by atoms with van der Waals surface area (Å²) in [6, 6.07) is 7.12. The Morgan fingerprint density at radius 2 is 2.16 bits per heavy atom. The van der Waals surface area contributed by atoms with Crippen molar-refractivity contribution in [1.29, 1.82) is 0 Å². The topological polar surface area (TPSA) is 90.2 Å². The standard InChI is InChI=1S/C12H12N6O/c13-16-11-3-1-2-9(15-11)8-17-6-7-18-10(12(17)19)4-5-14-18/h1-7H,8,13H2,(H,15,16). The summed E-state index contributed by atoms with van der Waals surface area (Å²) in [5.74, 6) is 5.88. The maximum Gasteiger partial charge on any atom is 0.276 e. The molecule has 0 fully saturated rings. The van der Waals surface area contributed by atoms with Crippen molar-refractivity contribution in [3.05, 3.63) is 58.9 Å². The summed E-state index contributed by atoms with van der Waals surface area (Å²) in [5, 5.41) is 4.02. The lowest BCUT2D eigenvalue weighted by atomic mass is 10.3. The molecule has 7 nitrogen and oxygen atoms in total. The van der Waals surface area contributed by atoms with Crippen LogP contribution in [0, 0.1) is 0 Å². The lowest BCUT2D eigenvalue weighted by molar-refractivity contribution is 0.726. The zero-order valence-corrected chi connectivity index (χ0v) is 10.0. The van der Waals surface area contributed by atoms with Crippen molar-refractivity contribution in [2.45, 2.75) is 6.54 Å². The lowest BCUT2D eigenvalue weighted by Crippen LogP contribution is -2.22. The van der Waals surface area contributed by atoms with Crippen LogP contribution in [0.2, 0.25) is 0 Å². The minimum absolute atomic E-state index is 0.104. The van der Waals surface area contributed by atoms with E-state index in [2.05, 4.69) is 15.5 Å². The van der Waals surface area contributed by atoms with Crippen molar-refractivity contribution in [2.75, 3.05) is 5.43 Å². The Morgan fingerprint density at radius 3 is 3.00 bits per heavy atom. The van der Waals surface area contributed by atoms with Gasteiger partial charge >= 0.3 is 0 Å². The molecule has 0 atom stereocenters. The van der Waals surface area contributed by atoms with E-state index in [9.17, 15) is 4.79 Å². The Balaban J connectivity index is 2.00. The van der Waals surface area contributed by atoms with Crippen LogP contribution in [-0.4, -0.2) is 19.2 Å². The molecule has 0 aromatic carbocycles. The number of rotatable bonds is 3. The number of hydrazine groups is 1. The number of pyridine rings is 1. The quantitative estimate of drug-likeness (QED) is 0.517. The van der Waals surface area contributed by atoms with Crippen molar-refractivity contribution in [2.24, 2.45) is 5.84 Å².